The molecule has 0 amide bonds. The predicted molar refractivity (Wildman–Crippen MR) is 41.0 cm³/mol. The Bertz CT molecular complexity index is 222. The second-order valence-electron chi connectivity index (χ2n) is 2.53. The lowest BCUT2D eigenvalue weighted by Gasteiger charge is -2.03. The third-order valence-electron chi connectivity index (χ3n) is 1.55. The maximum Gasteiger partial charge on any atom is 0.120 e. The summed E-state index contributed by atoms with van der Waals surface area (Å²) in [6.45, 7) is 1.44. The summed E-state index contributed by atoms with van der Waals surface area (Å²) < 4.78 is 17.0. The fraction of sp³-hybridized carbons (Fsp3) is 0.500. The van der Waals surface area contributed by atoms with E-state index in [2.05, 4.69) is 0 Å². The Kier molecular flexibility index (Phi) is 2.65. The van der Waals surface area contributed by atoms with Gasteiger partial charge in [-0.05, 0) is 25.5 Å². The van der Waals surface area contributed by atoms with Crippen molar-refractivity contribution in [3.8, 4) is 0 Å². The Hall–Kier alpha value is -0.830. The molecule has 0 unspecified atom stereocenters. The van der Waals surface area contributed by atoms with Crippen LogP contribution in [0.15, 0.2) is 16.5 Å². The molecule has 0 radical (unpaired) electrons. The smallest absolute Gasteiger partial charge is 0.120 e. The van der Waals surface area contributed by atoms with E-state index in [4.69, 9.17) is 10.2 Å². The van der Waals surface area contributed by atoms with Gasteiger partial charge in [-0.15, -0.1) is 0 Å². The number of aryl methyl sites for hydroxylation is 1. The van der Waals surface area contributed by atoms with Crippen molar-refractivity contribution in [3.05, 3.63) is 23.7 Å². The molecule has 0 saturated heterocycles. The molecule has 2 nitrogen and oxygen atoms in total. The maximum atomic E-state index is 11.8. The highest BCUT2D eigenvalue weighted by Gasteiger charge is 2.08. The van der Waals surface area contributed by atoms with E-state index in [-0.39, 0.29) is 6.04 Å². The van der Waals surface area contributed by atoms with Crippen LogP contribution in [0.25, 0.3) is 0 Å². The summed E-state index contributed by atoms with van der Waals surface area (Å²) in [4.78, 5) is 0. The van der Waals surface area contributed by atoms with Gasteiger partial charge in [-0.25, -0.2) is 0 Å². The molecule has 1 heterocycles. The average molecular weight is 157 g/mol. The first kappa shape index (κ1) is 8.27. The van der Waals surface area contributed by atoms with Crippen molar-refractivity contribution in [2.45, 2.75) is 19.4 Å². The molecule has 0 saturated carbocycles. The lowest BCUT2D eigenvalue weighted by Crippen LogP contribution is -2.09. The van der Waals surface area contributed by atoms with Gasteiger partial charge in [0, 0.05) is 0 Å². The van der Waals surface area contributed by atoms with Crippen molar-refractivity contribution in [3.63, 3.8) is 0 Å². The second kappa shape index (κ2) is 3.53. The van der Waals surface area contributed by atoms with Crippen LogP contribution in [0.5, 0.6) is 0 Å². The van der Waals surface area contributed by atoms with Gasteiger partial charge in [0.2, 0.25) is 0 Å². The molecule has 1 atom stereocenters. The number of nitrogens with two attached hydrogens (primary N) is 1. The number of furan rings is 1. The minimum atomic E-state index is -0.402. The Morgan fingerprint density at radius 2 is 2.36 bits per heavy atom. The summed E-state index contributed by atoms with van der Waals surface area (Å²) in [7, 11) is 0. The molecule has 2 N–H and O–H groups in total. The van der Waals surface area contributed by atoms with Gasteiger partial charge in [-0.2, -0.15) is 0 Å². The molecular formula is C8H12FNO. The van der Waals surface area contributed by atoms with Crippen molar-refractivity contribution in [2.24, 2.45) is 5.73 Å². The molecule has 0 aliphatic heterocycles. The van der Waals surface area contributed by atoms with Gasteiger partial charge >= 0.3 is 0 Å². The van der Waals surface area contributed by atoms with Gasteiger partial charge in [-0.3, -0.25) is 4.39 Å². The van der Waals surface area contributed by atoms with Crippen LogP contribution in [0.3, 0.4) is 0 Å². The predicted octanol–water partition coefficient (Wildman–Crippen LogP) is 1.95. The monoisotopic (exact) mass is 157 g/mol. The van der Waals surface area contributed by atoms with Crippen LogP contribution in [0.2, 0.25) is 0 Å². The Morgan fingerprint density at radius 1 is 1.64 bits per heavy atom. The highest BCUT2D eigenvalue weighted by molar-refractivity contribution is 5.08. The van der Waals surface area contributed by atoms with Gasteiger partial charge < -0.3 is 10.2 Å². The number of alkyl halides is 1. The Labute approximate surface area is 65.2 Å². The fourth-order valence-corrected chi connectivity index (χ4v) is 0.913. The lowest BCUT2D eigenvalue weighted by atomic mass is 10.2. The highest BCUT2D eigenvalue weighted by atomic mass is 19.1. The minimum Gasteiger partial charge on any atom is -0.465 e. The normalized spacial score (nSPS) is 13.4. The third-order valence-corrected chi connectivity index (χ3v) is 1.55. The molecule has 0 aliphatic carbocycles. The largest absolute Gasteiger partial charge is 0.465 e. The standard InChI is InChI=1S/C8H12FNO/c1-6-2-3-8(11-6)7(10)4-5-9/h2-3,7H,4-5,10H2,1H3/t7-/m1/s1. The fourth-order valence-electron chi connectivity index (χ4n) is 0.913. The van der Waals surface area contributed by atoms with Crippen LogP contribution < -0.4 is 5.73 Å². The maximum absolute atomic E-state index is 11.8. The minimum absolute atomic E-state index is 0.298. The topological polar surface area (TPSA) is 39.2 Å². The van der Waals surface area contributed by atoms with Crippen LogP contribution in [-0.4, -0.2) is 6.67 Å². The molecule has 3 heteroatoms. The molecule has 0 bridgehead atoms. The van der Waals surface area contributed by atoms with Crippen LogP contribution in [0.1, 0.15) is 24.0 Å². The first-order valence-corrected chi connectivity index (χ1v) is 3.62. The summed E-state index contributed by atoms with van der Waals surface area (Å²) in [5.41, 5.74) is 5.59. The van der Waals surface area contributed by atoms with Crippen LogP contribution in [-0.2, 0) is 0 Å². The van der Waals surface area contributed by atoms with E-state index in [1.807, 2.05) is 13.0 Å². The van der Waals surface area contributed by atoms with Crippen molar-refractivity contribution in [1.29, 1.82) is 0 Å². The molecular weight excluding hydrogens is 145 g/mol. The number of rotatable bonds is 3. The van der Waals surface area contributed by atoms with Crippen molar-refractivity contribution in [1.82, 2.24) is 0 Å². The zero-order valence-corrected chi connectivity index (χ0v) is 6.51. The highest BCUT2D eigenvalue weighted by Crippen LogP contribution is 2.16. The van der Waals surface area contributed by atoms with E-state index in [9.17, 15) is 4.39 Å². The molecule has 1 aromatic rings. The Balaban J connectivity index is 2.60. The first-order valence-electron chi connectivity index (χ1n) is 3.62. The van der Waals surface area contributed by atoms with Crippen molar-refractivity contribution < 1.29 is 8.81 Å². The van der Waals surface area contributed by atoms with Crippen molar-refractivity contribution >= 4 is 0 Å². The van der Waals surface area contributed by atoms with E-state index >= 15 is 0 Å². The summed E-state index contributed by atoms with van der Waals surface area (Å²) in [6, 6.07) is 3.32. The number of hydrogen-bond donors (Lipinski definition) is 1. The van der Waals surface area contributed by atoms with E-state index in [1.165, 1.54) is 0 Å². The molecule has 0 aromatic carbocycles. The van der Waals surface area contributed by atoms with Gasteiger partial charge in [-0.1, -0.05) is 0 Å². The van der Waals surface area contributed by atoms with Crippen molar-refractivity contribution in [2.75, 3.05) is 6.67 Å². The van der Waals surface area contributed by atoms with Gasteiger partial charge in [0.05, 0.1) is 12.7 Å². The molecule has 0 fully saturated rings. The van der Waals surface area contributed by atoms with Crippen LogP contribution >= 0.6 is 0 Å². The molecule has 1 aromatic heterocycles. The van der Waals surface area contributed by atoms with Gasteiger partial charge in [0.25, 0.3) is 0 Å². The van der Waals surface area contributed by atoms with Crippen LogP contribution in [0, 0.1) is 6.92 Å². The number of hydrogen-bond acceptors (Lipinski definition) is 2. The van der Waals surface area contributed by atoms with E-state index in [0.717, 1.165) is 5.76 Å². The van der Waals surface area contributed by atoms with E-state index in [0.29, 0.717) is 12.2 Å². The van der Waals surface area contributed by atoms with E-state index in [1.54, 1.807) is 6.07 Å². The SMILES string of the molecule is Cc1ccc([C@H](N)CCF)o1. The molecule has 62 valence electrons. The molecule has 0 aliphatic rings. The van der Waals surface area contributed by atoms with E-state index < -0.39 is 6.67 Å². The summed E-state index contributed by atoms with van der Waals surface area (Å²) in [5.74, 6) is 1.48. The molecule has 11 heavy (non-hydrogen) atoms. The third kappa shape index (κ3) is 2.05. The summed E-state index contributed by atoms with van der Waals surface area (Å²) in [5, 5.41) is 0. The Morgan fingerprint density at radius 3 is 2.82 bits per heavy atom. The molecule has 0 spiro atoms. The quantitative estimate of drug-likeness (QED) is 0.728. The first-order chi connectivity index (χ1) is 5.24. The second-order valence-corrected chi connectivity index (χ2v) is 2.53. The lowest BCUT2D eigenvalue weighted by molar-refractivity contribution is 0.389. The van der Waals surface area contributed by atoms with Gasteiger partial charge in [0.15, 0.2) is 0 Å². The van der Waals surface area contributed by atoms with Crippen LogP contribution in [0.4, 0.5) is 4.39 Å². The van der Waals surface area contributed by atoms with Gasteiger partial charge in [0.1, 0.15) is 11.5 Å². The average Bonchev–Trinajstić information content (AvgIpc) is 2.36. The summed E-state index contributed by atoms with van der Waals surface area (Å²) >= 11 is 0. The summed E-state index contributed by atoms with van der Waals surface area (Å²) in [6.07, 6.45) is 0.326. The molecule has 1 rings (SSSR count). The number of halogens is 1. The zero-order chi connectivity index (χ0) is 8.27. The zero-order valence-electron chi connectivity index (χ0n) is 6.51.